The highest BCUT2D eigenvalue weighted by Gasteiger charge is 2.09. The summed E-state index contributed by atoms with van der Waals surface area (Å²) in [7, 11) is 1.49. The Morgan fingerprint density at radius 1 is 1.38 bits per heavy atom. The van der Waals surface area contributed by atoms with Crippen LogP contribution in [0.4, 0.5) is 0 Å². The summed E-state index contributed by atoms with van der Waals surface area (Å²) in [6, 6.07) is 12.7. The fraction of sp³-hybridized carbons (Fsp3) is 0.0625. The largest absolute Gasteiger partial charge is 0.504 e. The maximum atomic E-state index is 9.83. The summed E-state index contributed by atoms with van der Waals surface area (Å²) < 4.78 is 5.77. The van der Waals surface area contributed by atoms with E-state index >= 15 is 0 Å². The summed E-state index contributed by atoms with van der Waals surface area (Å²) in [6.45, 7) is 0. The lowest BCUT2D eigenvalue weighted by atomic mass is 10.0. The number of benzene rings is 2. The summed E-state index contributed by atoms with van der Waals surface area (Å²) in [5, 5.41) is 19.7. The summed E-state index contributed by atoms with van der Waals surface area (Å²) >= 11 is 7.97. The number of ether oxygens (including phenoxy) is 1. The lowest BCUT2D eigenvalue weighted by Crippen LogP contribution is -1.88. The summed E-state index contributed by atoms with van der Waals surface area (Å²) in [5.41, 5.74) is 2.00. The lowest BCUT2D eigenvalue weighted by molar-refractivity contribution is 0.371. The van der Waals surface area contributed by atoms with E-state index in [9.17, 15) is 10.4 Å². The van der Waals surface area contributed by atoms with Gasteiger partial charge in [-0.1, -0.05) is 23.7 Å². The molecular weight excluding hydrogens is 401 g/mol. The molecule has 0 heterocycles. The smallest absolute Gasteiger partial charge is 0.171 e. The predicted octanol–water partition coefficient (Wildman–Crippen LogP) is 4.72. The van der Waals surface area contributed by atoms with Crippen LogP contribution in [-0.2, 0) is 0 Å². The molecule has 0 saturated heterocycles. The van der Waals surface area contributed by atoms with E-state index in [-0.39, 0.29) is 5.75 Å². The predicted molar refractivity (Wildman–Crippen MR) is 92.3 cm³/mol. The van der Waals surface area contributed by atoms with E-state index < -0.39 is 0 Å². The maximum Gasteiger partial charge on any atom is 0.171 e. The van der Waals surface area contributed by atoms with Gasteiger partial charge in [-0.25, -0.2) is 0 Å². The fourth-order valence-electron chi connectivity index (χ4n) is 1.84. The Balaban J connectivity index is 2.51. The van der Waals surface area contributed by atoms with Crippen LogP contribution in [0.3, 0.4) is 0 Å². The minimum absolute atomic E-state index is 0.0940. The first-order chi connectivity index (χ1) is 10.0. The van der Waals surface area contributed by atoms with Crippen LogP contribution in [0.25, 0.3) is 11.6 Å². The zero-order valence-electron chi connectivity index (χ0n) is 11.1. The molecule has 0 aliphatic carbocycles. The van der Waals surface area contributed by atoms with Crippen molar-refractivity contribution in [2.75, 3.05) is 7.11 Å². The molecule has 5 heteroatoms. The molecule has 1 N–H and O–H groups in total. The van der Waals surface area contributed by atoms with Gasteiger partial charge in [-0.3, -0.25) is 0 Å². The SMILES string of the molecule is COc1cc(/C=C(/C#N)c2cccc(Cl)c2)cc(I)c1O. The number of nitriles is 1. The van der Waals surface area contributed by atoms with Crippen molar-refractivity contribution in [1.82, 2.24) is 0 Å². The van der Waals surface area contributed by atoms with Crippen molar-refractivity contribution in [2.24, 2.45) is 0 Å². The van der Waals surface area contributed by atoms with E-state index in [4.69, 9.17) is 16.3 Å². The van der Waals surface area contributed by atoms with Crippen LogP contribution in [0.1, 0.15) is 11.1 Å². The van der Waals surface area contributed by atoms with Gasteiger partial charge in [0, 0.05) is 5.02 Å². The van der Waals surface area contributed by atoms with Gasteiger partial charge in [-0.05, 0) is 64.1 Å². The van der Waals surface area contributed by atoms with E-state index in [0.29, 0.717) is 19.9 Å². The van der Waals surface area contributed by atoms with Gasteiger partial charge >= 0.3 is 0 Å². The highest BCUT2D eigenvalue weighted by molar-refractivity contribution is 14.1. The Bertz CT molecular complexity index is 750. The second kappa shape index (κ2) is 6.83. The van der Waals surface area contributed by atoms with Gasteiger partial charge in [0.1, 0.15) is 0 Å². The number of hydrogen-bond acceptors (Lipinski definition) is 3. The first-order valence-electron chi connectivity index (χ1n) is 5.99. The van der Waals surface area contributed by atoms with Gasteiger partial charge in [0.05, 0.1) is 22.3 Å². The molecule has 0 aliphatic rings. The molecule has 2 aromatic carbocycles. The van der Waals surface area contributed by atoms with Crippen molar-refractivity contribution in [3.63, 3.8) is 0 Å². The number of hydrogen-bond donors (Lipinski definition) is 1. The van der Waals surface area contributed by atoms with E-state index in [0.717, 1.165) is 11.1 Å². The Morgan fingerprint density at radius 3 is 2.76 bits per heavy atom. The quantitative estimate of drug-likeness (QED) is 0.452. The molecule has 0 atom stereocenters. The van der Waals surface area contributed by atoms with E-state index in [1.54, 1.807) is 36.4 Å². The molecule has 2 rings (SSSR count). The normalized spacial score (nSPS) is 11.0. The third kappa shape index (κ3) is 3.69. The van der Waals surface area contributed by atoms with E-state index in [1.165, 1.54) is 7.11 Å². The molecule has 0 unspecified atom stereocenters. The molecule has 0 aromatic heterocycles. The van der Waals surface area contributed by atoms with E-state index in [2.05, 4.69) is 6.07 Å². The van der Waals surface area contributed by atoms with Crippen molar-refractivity contribution >= 4 is 45.8 Å². The lowest BCUT2D eigenvalue weighted by Gasteiger charge is -2.07. The first kappa shape index (κ1) is 15.7. The Kier molecular flexibility index (Phi) is 5.10. The van der Waals surface area contributed by atoms with Crippen molar-refractivity contribution in [3.05, 3.63) is 56.1 Å². The van der Waals surface area contributed by atoms with Crippen LogP contribution < -0.4 is 4.74 Å². The second-order valence-electron chi connectivity index (χ2n) is 4.23. The van der Waals surface area contributed by atoms with Crippen molar-refractivity contribution in [1.29, 1.82) is 5.26 Å². The molecule has 0 bridgehead atoms. The fourth-order valence-corrected chi connectivity index (χ4v) is 2.65. The van der Waals surface area contributed by atoms with Crippen LogP contribution in [0, 0.1) is 14.9 Å². The average molecular weight is 412 g/mol. The number of phenols is 1. The number of nitrogens with zero attached hydrogens (tertiary/aromatic N) is 1. The third-order valence-corrected chi connectivity index (χ3v) is 3.90. The molecule has 0 amide bonds. The zero-order chi connectivity index (χ0) is 15.4. The van der Waals surface area contributed by atoms with Crippen molar-refractivity contribution < 1.29 is 9.84 Å². The first-order valence-corrected chi connectivity index (χ1v) is 7.45. The number of halogens is 2. The van der Waals surface area contributed by atoms with Crippen LogP contribution in [0.5, 0.6) is 11.5 Å². The maximum absolute atomic E-state index is 9.83. The molecule has 0 radical (unpaired) electrons. The highest BCUT2D eigenvalue weighted by Crippen LogP contribution is 2.33. The number of phenolic OH excluding ortho intramolecular Hbond substituents is 1. The topological polar surface area (TPSA) is 53.2 Å². The summed E-state index contributed by atoms with van der Waals surface area (Å²) in [4.78, 5) is 0. The zero-order valence-corrected chi connectivity index (χ0v) is 14.0. The number of methoxy groups -OCH3 is 1. The van der Waals surface area contributed by atoms with Crippen LogP contribution >= 0.6 is 34.2 Å². The minimum Gasteiger partial charge on any atom is -0.504 e. The molecule has 3 nitrogen and oxygen atoms in total. The Labute approximate surface area is 141 Å². The number of allylic oxidation sites excluding steroid dienone is 1. The summed E-state index contributed by atoms with van der Waals surface area (Å²) in [6.07, 6.45) is 1.73. The van der Waals surface area contributed by atoms with Gasteiger partial charge in [-0.2, -0.15) is 5.26 Å². The third-order valence-electron chi connectivity index (χ3n) is 2.84. The average Bonchev–Trinajstić information content (AvgIpc) is 2.48. The van der Waals surface area contributed by atoms with Gasteiger partial charge in [0.15, 0.2) is 11.5 Å². The van der Waals surface area contributed by atoms with Crippen molar-refractivity contribution in [2.45, 2.75) is 0 Å². The van der Waals surface area contributed by atoms with Crippen LogP contribution in [0.2, 0.25) is 5.02 Å². The van der Waals surface area contributed by atoms with Crippen LogP contribution in [-0.4, -0.2) is 12.2 Å². The molecular formula is C16H11ClINO2. The molecule has 2 aromatic rings. The monoisotopic (exact) mass is 411 g/mol. The Hall–Kier alpha value is -1.71. The van der Waals surface area contributed by atoms with Gasteiger partial charge in [-0.15, -0.1) is 0 Å². The van der Waals surface area contributed by atoms with E-state index in [1.807, 2.05) is 28.7 Å². The number of aromatic hydroxyl groups is 1. The van der Waals surface area contributed by atoms with Crippen molar-refractivity contribution in [3.8, 4) is 17.6 Å². The van der Waals surface area contributed by atoms with Gasteiger partial charge < -0.3 is 9.84 Å². The molecule has 0 fully saturated rings. The highest BCUT2D eigenvalue weighted by atomic mass is 127. The van der Waals surface area contributed by atoms with Gasteiger partial charge in [0.25, 0.3) is 0 Å². The molecule has 0 aliphatic heterocycles. The minimum atomic E-state index is 0.0940. The second-order valence-corrected chi connectivity index (χ2v) is 5.83. The number of rotatable bonds is 3. The van der Waals surface area contributed by atoms with Crippen LogP contribution in [0.15, 0.2) is 36.4 Å². The molecule has 0 saturated carbocycles. The molecule has 21 heavy (non-hydrogen) atoms. The van der Waals surface area contributed by atoms with Gasteiger partial charge in [0.2, 0.25) is 0 Å². The standard InChI is InChI=1S/C16H11ClINO2/c1-21-15-7-10(6-14(18)16(15)20)5-12(9-19)11-3-2-4-13(17)8-11/h2-8,20H,1H3/b12-5-. The molecule has 0 spiro atoms. The Morgan fingerprint density at radius 2 is 2.14 bits per heavy atom. The molecule has 106 valence electrons. The summed E-state index contributed by atoms with van der Waals surface area (Å²) in [5.74, 6) is 0.466.